The molecule has 94 valence electrons. The molecule has 18 heavy (non-hydrogen) atoms. The number of benzene rings is 1. The molecule has 0 unspecified atom stereocenters. The average Bonchev–Trinajstić information content (AvgIpc) is 2.76. The maximum Gasteiger partial charge on any atom is 0.358 e. The van der Waals surface area contributed by atoms with Crippen molar-refractivity contribution in [2.24, 2.45) is 0 Å². The van der Waals surface area contributed by atoms with Crippen molar-refractivity contribution in [1.82, 2.24) is 4.98 Å². The molecule has 1 N–H and O–H groups in total. The van der Waals surface area contributed by atoms with E-state index in [0.29, 0.717) is 5.75 Å². The van der Waals surface area contributed by atoms with Crippen LogP contribution in [0.15, 0.2) is 29.0 Å². The van der Waals surface area contributed by atoms with Crippen molar-refractivity contribution in [2.45, 2.75) is 20.5 Å². The van der Waals surface area contributed by atoms with E-state index in [1.54, 1.807) is 0 Å². The topological polar surface area (TPSA) is 72.6 Å². The predicted octanol–water partition coefficient (Wildman–Crippen LogP) is 2.57. The molecule has 2 rings (SSSR count). The molecule has 0 aliphatic rings. The lowest BCUT2D eigenvalue weighted by molar-refractivity contribution is 0.0686. The van der Waals surface area contributed by atoms with Gasteiger partial charge in [-0.15, -0.1) is 0 Å². The van der Waals surface area contributed by atoms with Crippen LogP contribution in [0.4, 0.5) is 0 Å². The molecule has 0 saturated carbocycles. The molecular formula is C13H13NO4. The van der Waals surface area contributed by atoms with Crippen LogP contribution < -0.4 is 4.74 Å². The highest BCUT2D eigenvalue weighted by molar-refractivity contribution is 5.86. The van der Waals surface area contributed by atoms with Crippen LogP contribution in [0.5, 0.6) is 5.75 Å². The van der Waals surface area contributed by atoms with Gasteiger partial charge in [-0.2, -0.15) is 0 Å². The maximum absolute atomic E-state index is 10.8. The Bertz CT molecular complexity index is 574. The number of ether oxygens (including phenoxy) is 1. The zero-order valence-corrected chi connectivity index (χ0v) is 10.1. The molecule has 0 aliphatic carbocycles. The van der Waals surface area contributed by atoms with Crippen LogP contribution in [-0.4, -0.2) is 16.1 Å². The number of aromatic carboxylic acids is 1. The van der Waals surface area contributed by atoms with Crippen molar-refractivity contribution >= 4 is 5.97 Å². The highest BCUT2D eigenvalue weighted by atomic mass is 16.5. The normalized spacial score (nSPS) is 10.3. The van der Waals surface area contributed by atoms with Crippen LogP contribution in [0, 0.1) is 13.8 Å². The molecule has 0 fully saturated rings. The van der Waals surface area contributed by atoms with Crippen LogP contribution in [-0.2, 0) is 6.61 Å². The fourth-order valence-corrected chi connectivity index (χ4v) is 1.65. The van der Waals surface area contributed by atoms with E-state index in [1.807, 2.05) is 32.0 Å². The van der Waals surface area contributed by atoms with Gasteiger partial charge in [-0.05, 0) is 25.5 Å². The second-order valence-corrected chi connectivity index (χ2v) is 3.99. The van der Waals surface area contributed by atoms with E-state index in [9.17, 15) is 4.79 Å². The first-order chi connectivity index (χ1) is 8.58. The molecule has 1 heterocycles. The highest BCUT2D eigenvalue weighted by Gasteiger charge is 2.16. The zero-order chi connectivity index (χ0) is 13.1. The third-order valence-corrected chi connectivity index (χ3v) is 2.53. The molecule has 5 nitrogen and oxygen atoms in total. The number of oxazole rings is 1. The van der Waals surface area contributed by atoms with Gasteiger partial charge < -0.3 is 14.3 Å². The van der Waals surface area contributed by atoms with Gasteiger partial charge in [0.1, 0.15) is 12.4 Å². The average molecular weight is 247 g/mol. The van der Waals surface area contributed by atoms with E-state index in [4.69, 9.17) is 14.3 Å². The first-order valence-electron chi connectivity index (χ1n) is 5.43. The number of aromatic nitrogens is 1. The number of rotatable bonds is 4. The Morgan fingerprint density at radius 3 is 2.89 bits per heavy atom. The van der Waals surface area contributed by atoms with Gasteiger partial charge in [0.15, 0.2) is 17.8 Å². The van der Waals surface area contributed by atoms with Crippen LogP contribution in [0.1, 0.15) is 27.4 Å². The summed E-state index contributed by atoms with van der Waals surface area (Å²) < 4.78 is 10.5. The van der Waals surface area contributed by atoms with E-state index in [0.717, 1.165) is 17.5 Å². The molecule has 0 bridgehead atoms. The predicted molar refractivity (Wildman–Crippen MR) is 63.7 cm³/mol. The number of hydrogen-bond acceptors (Lipinski definition) is 4. The first-order valence-corrected chi connectivity index (χ1v) is 5.43. The molecule has 0 saturated heterocycles. The summed E-state index contributed by atoms with van der Waals surface area (Å²) in [6.45, 7) is 3.97. The van der Waals surface area contributed by atoms with Crippen LogP contribution in [0.3, 0.4) is 0 Å². The number of carbonyl (C=O) groups is 1. The zero-order valence-electron chi connectivity index (χ0n) is 10.1. The lowest BCUT2D eigenvalue weighted by Crippen LogP contribution is -2.04. The summed E-state index contributed by atoms with van der Waals surface area (Å²) in [7, 11) is 0. The van der Waals surface area contributed by atoms with Crippen LogP contribution >= 0.6 is 0 Å². The summed E-state index contributed by atoms with van der Waals surface area (Å²) in [6.07, 6.45) is 1.10. The minimum atomic E-state index is -1.12. The molecule has 0 aliphatic heterocycles. The van der Waals surface area contributed by atoms with Crippen molar-refractivity contribution in [3.05, 3.63) is 47.2 Å². The summed E-state index contributed by atoms with van der Waals surface area (Å²) in [6, 6.07) is 5.77. The van der Waals surface area contributed by atoms with Gasteiger partial charge in [-0.3, -0.25) is 0 Å². The molecule has 0 amide bonds. The Kier molecular flexibility index (Phi) is 3.32. The number of carboxylic acids is 1. The van der Waals surface area contributed by atoms with Crippen LogP contribution in [0.25, 0.3) is 0 Å². The fraction of sp³-hybridized carbons (Fsp3) is 0.231. The fourth-order valence-electron chi connectivity index (χ4n) is 1.65. The lowest BCUT2D eigenvalue weighted by atomic mass is 10.1. The van der Waals surface area contributed by atoms with E-state index < -0.39 is 5.97 Å². The smallest absolute Gasteiger partial charge is 0.358 e. The molecule has 0 radical (unpaired) electrons. The second-order valence-electron chi connectivity index (χ2n) is 3.99. The monoisotopic (exact) mass is 247 g/mol. The number of carboxylic acid groups (broad SMARTS) is 1. The molecule has 2 aromatic rings. The van der Waals surface area contributed by atoms with E-state index >= 15 is 0 Å². The largest absolute Gasteiger partial charge is 0.485 e. The van der Waals surface area contributed by atoms with E-state index in [2.05, 4.69) is 4.98 Å². The third kappa shape index (κ3) is 2.51. The number of aryl methyl sites for hydroxylation is 2. The van der Waals surface area contributed by atoms with Crippen molar-refractivity contribution < 1.29 is 19.1 Å². The Balaban J connectivity index is 2.11. The van der Waals surface area contributed by atoms with Crippen molar-refractivity contribution in [2.75, 3.05) is 0 Å². The Morgan fingerprint density at radius 1 is 1.44 bits per heavy atom. The lowest BCUT2D eigenvalue weighted by Gasteiger charge is -2.08. The maximum atomic E-state index is 10.8. The van der Waals surface area contributed by atoms with Crippen molar-refractivity contribution in [3.63, 3.8) is 0 Å². The number of hydrogen-bond donors (Lipinski definition) is 1. The molecule has 5 heteroatoms. The molecule has 1 aromatic carbocycles. The summed E-state index contributed by atoms with van der Waals surface area (Å²) in [5.41, 5.74) is 2.02. The van der Waals surface area contributed by atoms with Gasteiger partial charge in [0.05, 0.1) is 0 Å². The first kappa shape index (κ1) is 12.2. The summed E-state index contributed by atoms with van der Waals surface area (Å²) in [5.74, 6) is -0.209. The summed E-state index contributed by atoms with van der Waals surface area (Å²) in [4.78, 5) is 14.4. The van der Waals surface area contributed by atoms with E-state index in [1.165, 1.54) is 0 Å². The van der Waals surface area contributed by atoms with Gasteiger partial charge in [0, 0.05) is 0 Å². The Morgan fingerprint density at radius 2 is 2.22 bits per heavy atom. The van der Waals surface area contributed by atoms with Crippen molar-refractivity contribution in [3.8, 4) is 5.75 Å². The minimum Gasteiger partial charge on any atom is -0.485 e. The molecular weight excluding hydrogens is 234 g/mol. The quantitative estimate of drug-likeness (QED) is 0.898. The minimum absolute atomic E-state index is 0.0472. The summed E-state index contributed by atoms with van der Waals surface area (Å²) >= 11 is 0. The molecule has 1 aromatic heterocycles. The molecule has 0 spiro atoms. The van der Waals surface area contributed by atoms with E-state index in [-0.39, 0.29) is 18.1 Å². The SMILES string of the molecule is Cc1ccc(OCc2ocnc2C(=O)O)c(C)c1. The third-order valence-electron chi connectivity index (χ3n) is 2.53. The van der Waals surface area contributed by atoms with Crippen molar-refractivity contribution in [1.29, 1.82) is 0 Å². The van der Waals surface area contributed by atoms with Gasteiger partial charge in [0.2, 0.25) is 0 Å². The standard InChI is InChI=1S/C13H13NO4/c1-8-3-4-10(9(2)5-8)17-6-11-12(13(15)16)14-7-18-11/h3-5,7H,6H2,1-2H3,(H,15,16). The van der Waals surface area contributed by atoms with Gasteiger partial charge in [-0.25, -0.2) is 9.78 Å². The van der Waals surface area contributed by atoms with Crippen LogP contribution in [0.2, 0.25) is 0 Å². The molecule has 0 atom stereocenters. The second kappa shape index (κ2) is 4.91. The Labute approximate surface area is 104 Å². The van der Waals surface area contributed by atoms with Gasteiger partial charge in [-0.1, -0.05) is 17.7 Å². The van der Waals surface area contributed by atoms with Gasteiger partial charge >= 0.3 is 5.97 Å². The highest BCUT2D eigenvalue weighted by Crippen LogP contribution is 2.20. The number of nitrogens with zero attached hydrogens (tertiary/aromatic N) is 1. The van der Waals surface area contributed by atoms with Gasteiger partial charge in [0.25, 0.3) is 0 Å². The Hall–Kier alpha value is -2.30. The summed E-state index contributed by atoms with van der Waals surface area (Å²) in [5, 5.41) is 8.86.